The van der Waals surface area contributed by atoms with Gasteiger partial charge in [0.15, 0.2) is 0 Å². The van der Waals surface area contributed by atoms with E-state index in [0.29, 0.717) is 19.5 Å². The summed E-state index contributed by atoms with van der Waals surface area (Å²) in [7, 11) is 0. The molecule has 1 rings (SSSR count). The maximum absolute atomic E-state index is 12.4. The Morgan fingerprint density at radius 2 is 1.67 bits per heavy atom. The van der Waals surface area contributed by atoms with Crippen LogP contribution in [0.15, 0.2) is 0 Å². The molecule has 0 aromatic heterocycles. The van der Waals surface area contributed by atoms with Crippen molar-refractivity contribution in [3.8, 4) is 0 Å². The van der Waals surface area contributed by atoms with Gasteiger partial charge in [-0.3, -0.25) is 9.59 Å². The van der Waals surface area contributed by atoms with E-state index in [0.717, 1.165) is 19.3 Å². The Labute approximate surface area is 147 Å². The number of carbonyl (C=O) groups excluding carboxylic acids is 2. The number of hydrogen-bond donors (Lipinski definition) is 0. The highest BCUT2D eigenvalue weighted by atomic mass is 16.7. The zero-order valence-corrected chi connectivity index (χ0v) is 16.5. The first kappa shape index (κ1) is 20.9. The van der Waals surface area contributed by atoms with Crippen molar-refractivity contribution in [1.82, 2.24) is 4.90 Å². The molecule has 1 heterocycles. The Kier molecular flexibility index (Phi) is 7.26. The van der Waals surface area contributed by atoms with E-state index in [1.807, 2.05) is 25.7 Å². The number of esters is 1. The molecule has 0 bridgehead atoms. The molecule has 1 amide bonds. The average Bonchev–Trinajstić information content (AvgIpc) is 2.45. The van der Waals surface area contributed by atoms with Crippen molar-refractivity contribution in [2.24, 2.45) is 10.8 Å². The summed E-state index contributed by atoms with van der Waals surface area (Å²) in [4.78, 5) is 25.7. The van der Waals surface area contributed by atoms with Crippen LogP contribution in [0.1, 0.15) is 74.1 Å². The van der Waals surface area contributed by atoms with E-state index in [1.54, 1.807) is 6.92 Å². The Morgan fingerprint density at radius 1 is 1.12 bits per heavy atom. The van der Waals surface area contributed by atoms with Gasteiger partial charge >= 0.3 is 5.97 Å². The molecular weight excluding hydrogens is 306 g/mol. The molecule has 140 valence electrons. The van der Waals surface area contributed by atoms with Gasteiger partial charge in [0.1, 0.15) is 0 Å². The molecule has 5 nitrogen and oxygen atoms in total. The predicted octanol–water partition coefficient (Wildman–Crippen LogP) is 3.76. The van der Waals surface area contributed by atoms with Crippen molar-refractivity contribution in [3.63, 3.8) is 0 Å². The predicted molar refractivity (Wildman–Crippen MR) is 94.4 cm³/mol. The Morgan fingerprint density at radius 3 is 2.08 bits per heavy atom. The van der Waals surface area contributed by atoms with Gasteiger partial charge in [-0.05, 0) is 38.5 Å². The SMILES string of the molecule is CCC(C)(C)C(=O)OC(CC(C)(C)C)OC1CCN(C(C)=O)CC1. The highest BCUT2D eigenvalue weighted by Crippen LogP contribution is 2.29. The van der Waals surface area contributed by atoms with Crippen LogP contribution in [0.2, 0.25) is 0 Å². The first-order valence-electron chi connectivity index (χ1n) is 9.06. The van der Waals surface area contributed by atoms with Crippen molar-refractivity contribution >= 4 is 11.9 Å². The molecule has 1 unspecified atom stereocenters. The van der Waals surface area contributed by atoms with E-state index in [4.69, 9.17) is 9.47 Å². The van der Waals surface area contributed by atoms with Gasteiger partial charge < -0.3 is 14.4 Å². The number of piperidine rings is 1. The molecule has 0 aromatic rings. The Hall–Kier alpha value is -1.10. The quantitative estimate of drug-likeness (QED) is 0.545. The molecule has 5 heteroatoms. The van der Waals surface area contributed by atoms with E-state index < -0.39 is 11.7 Å². The number of nitrogens with zero attached hydrogens (tertiary/aromatic N) is 1. The summed E-state index contributed by atoms with van der Waals surface area (Å²) in [5.74, 6) is -0.101. The molecule has 1 atom stereocenters. The largest absolute Gasteiger partial charge is 0.435 e. The minimum absolute atomic E-state index is 0.00138. The van der Waals surface area contributed by atoms with Gasteiger partial charge in [0.2, 0.25) is 12.2 Å². The van der Waals surface area contributed by atoms with Gasteiger partial charge in [-0.25, -0.2) is 0 Å². The third-order valence-electron chi connectivity index (χ3n) is 4.69. The number of carbonyl (C=O) groups is 2. The molecule has 1 aliphatic rings. The molecule has 0 aliphatic carbocycles. The van der Waals surface area contributed by atoms with Crippen molar-refractivity contribution in [2.75, 3.05) is 13.1 Å². The summed E-state index contributed by atoms with van der Waals surface area (Å²) in [5.41, 5.74) is -0.501. The van der Waals surface area contributed by atoms with E-state index in [2.05, 4.69) is 20.8 Å². The highest BCUT2D eigenvalue weighted by molar-refractivity contribution is 5.75. The summed E-state index contributed by atoms with van der Waals surface area (Å²) < 4.78 is 11.8. The lowest BCUT2D eigenvalue weighted by Gasteiger charge is -2.35. The van der Waals surface area contributed by atoms with Crippen molar-refractivity contribution < 1.29 is 19.1 Å². The second kappa shape index (κ2) is 8.32. The lowest BCUT2D eigenvalue weighted by atomic mass is 9.90. The average molecular weight is 341 g/mol. The minimum Gasteiger partial charge on any atom is -0.435 e. The molecule has 1 fully saturated rings. The Bertz CT molecular complexity index is 431. The smallest absolute Gasteiger partial charge is 0.313 e. The number of amides is 1. The summed E-state index contributed by atoms with van der Waals surface area (Å²) in [6, 6.07) is 0. The minimum atomic E-state index is -0.530. The van der Waals surface area contributed by atoms with Crippen LogP contribution in [-0.4, -0.2) is 42.3 Å². The van der Waals surface area contributed by atoms with Crippen LogP contribution in [0.25, 0.3) is 0 Å². The summed E-state index contributed by atoms with van der Waals surface area (Å²) >= 11 is 0. The standard InChI is InChI=1S/C19H35NO4/c1-8-19(6,7)17(22)24-16(13-18(3,4)5)23-15-9-11-20(12-10-15)14(2)21/h15-16H,8-13H2,1-7H3. The zero-order chi connectivity index (χ0) is 18.5. The van der Waals surface area contributed by atoms with E-state index >= 15 is 0 Å². The van der Waals surface area contributed by atoms with Gasteiger partial charge in [-0.1, -0.05) is 27.7 Å². The number of likely N-dealkylation sites (tertiary alicyclic amines) is 1. The van der Waals surface area contributed by atoms with Crippen molar-refractivity contribution in [1.29, 1.82) is 0 Å². The molecule has 0 aromatic carbocycles. The third kappa shape index (κ3) is 6.80. The van der Waals surface area contributed by atoms with Crippen LogP contribution in [0.4, 0.5) is 0 Å². The molecule has 1 aliphatic heterocycles. The van der Waals surface area contributed by atoms with Gasteiger partial charge in [0.05, 0.1) is 11.5 Å². The van der Waals surface area contributed by atoms with E-state index in [9.17, 15) is 9.59 Å². The molecule has 1 saturated heterocycles. The van der Waals surface area contributed by atoms with E-state index in [-0.39, 0.29) is 23.4 Å². The molecule has 0 radical (unpaired) electrons. The molecule has 24 heavy (non-hydrogen) atoms. The molecular formula is C19H35NO4. The van der Waals surface area contributed by atoms with E-state index in [1.165, 1.54) is 0 Å². The van der Waals surface area contributed by atoms with Crippen LogP contribution < -0.4 is 0 Å². The fourth-order valence-corrected chi connectivity index (χ4v) is 2.56. The van der Waals surface area contributed by atoms with Crippen LogP contribution in [0.3, 0.4) is 0 Å². The van der Waals surface area contributed by atoms with Crippen LogP contribution >= 0.6 is 0 Å². The fourth-order valence-electron chi connectivity index (χ4n) is 2.56. The fraction of sp³-hybridized carbons (Fsp3) is 0.895. The maximum atomic E-state index is 12.4. The topological polar surface area (TPSA) is 55.8 Å². The maximum Gasteiger partial charge on any atom is 0.313 e. The Balaban J connectivity index is 2.67. The van der Waals surface area contributed by atoms with Gasteiger partial charge in [-0.2, -0.15) is 0 Å². The van der Waals surface area contributed by atoms with Crippen LogP contribution in [0.5, 0.6) is 0 Å². The third-order valence-corrected chi connectivity index (χ3v) is 4.69. The van der Waals surface area contributed by atoms with Crippen LogP contribution in [-0.2, 0) is 19.1 Å². The summed E-state index contributed by atoms with van der Waals surface area (Å²) in [6.45, 7) is 15.1. The molecule has 0 saturated carbocycles. The second-order valence-electron chi connectivity index (χ2n) is 8.68. The first-order valence-corrected chi connectivity index (χ1v) is 9.06. The molecule has 0 spiro atoms. The number of rotatable bonds is 6. The molecule has 0 N–H and O–H groups in total. The van der Waals surface area contributed by atoms with Gasteiger partial charge in [0, 0.05) is 26.4 Å². The highest BCUT2D eigenvalue weighted by Gasteiger charge is 2.33. The van der Waals surface area contributed by atoms with Crippen molar-refractivity contribution in [3.05, 3.63) is 0 Å². The van der Waals surface area contributed by atoms with Gasteiger partial charge in [-0.15, -0.1) is 0 Å². The summed E-state index contributed by atoms with van der Waals surface area (Å²) in [5, 5.41) is 0. The van der Waals surface area contributed by atoms with Crippen LogP contribution in [0, 0.1) is 10.8 Å². The normalized spacial score (nSPS) is 18.4. The second-order valence-corrected chi connectivity index (χ2v) is 8.68. The number of hydrogen-bond acceptors (Lipinski definition) is 4. The lowest BCUT2D eigenvalue weighted by molar-refractivity contribution is -0.208. The summed E-state index contributed by atoms with van der Waals surface area (Å²) in [6.07, 6.45) is 2.46. The zero-order valence-electron chi connectivity index (χ0n) is 16.5. The first-order chi connectivity index (χ1) is 10.9. The monoisotopic (exact) mass is 341 g/mol. The lowest BCUT2D eigenvalue weighted by Crippen LogP contribution is -2.42. The van der Waals surface area contributed by atoms with Gasteiger partial charge in [0.25, 0.3) is 0 Å². The number of ether oxygens (including phenoxy) is 2. The van der Waals surface area contributed by atoms with Crippen molar-refractivity contribution in [2.45, 2.75) is 86.5 Å².